The highest BCUT2D eigenvalue weighted by molar-refractivity contribution is 7.90. The van der Waals surface area contributed by atoms with Crippen molar-refractivity contribution in [3.8, 4) is 0 Å². The molecule has 1 saturated heterocycles. The van der Waals surface area contributed by atoms with Gasteiger partial charge in [0, 0.05) is 25.0 Å². The number of hydrogen-bond donors (Lipinski definition) is 0. The van der Waals surface area contributed by atoms with E-state index >= 15 is 0 Å². The lowest BCUT2D eigenvalue weighted by molar-refractivity contribution is 0.270. The van der Waals surface area contributed by atoms with Crippen molar-refractivity contribution in [2.24, 2.45) is 0 Å². The predicted molar refractivity (Wildman–Crippen MR) is 88.2 cm³/mol. The van der Waals surface area contributed by atoms with Crippen LogP contribution in [0.3, 0.4) is 0 Å². The summed E-state index contributed by atoms with van der Waals surface area (Å²) in [6.07, 6.45) is 2.78. The van der Waals surface area contributed by atoms with Crippen LogP contribution in [0.4, 0.5) is 5.69 Å². The van der Waals surface area contributed by atoms with Crippen molar-refractivity contribution in [3.63, 3.8) is 0 Å². The van der Waals surface area contributed by atoms with Crippen molar-refractivity contribution < 1.29 is 8.42 Å². The van der Waals surface area contributed by atoms with Gasteiger partial charge in [0.25, 0.3) is 0 Å². The van der Waals surface area contributed by atoms with Crippen molar-refractivity contribution in [2.45, 2.75) is 39.2 Å². The van der Waals surface area contributed by atoms with Gasteiger partial charge in [0.1, 0.15) is 0 Å². The Hall–Kier alpha value is -0.780. The zero-order chi connectivity index (χ0) is 15.5. The van der Waals surface area contributed by atoms with Gasteiger partial charge >= 0.3 is 10.2 Å². The van der Waals surface area contributed by atoms with Crippen LogP contribution >= 0.6 is 11.6 Å². The van der Waals surface area contributed by atoms with E-state index in [1.807, 2.05) is 38.1 Å². The van der Waals surface area contributed by atoms with Crippen LogP contribution in [-0.4, -0.2) is 37.7 Å². The Bertz CT molecular complexity index is 577. The fraction of sp³-hybridized carbons (Fsp3) is 0.600. The zero-order valence-electron chi connectivity index (χ0n) is 12.6. The van der Waals surface area contributed by atoms with E-state index in [0.29, 0.717) is 19.0 Å². The zero-order valence-corrected chi connectivity index (χ0v) is 14.2. The van der Waals surface area contributed by atoms with Crippen LogP contribution < -0.4 is 4.31 Å². The molecule has 1 aliphatic rings. The third-order valence-electron chi connectivity index (χ3n) is 3.90. The molecule has 4 nitrogen and oxygen atoms in total. The van der Waals surface area contributed by atoms with Gasteiger partial charge in [-0.2, -0.15) is 12.7 Å². The van der Waals surface area contributed by atoms with E-state index in [-0.39, 0.29) is 6.04 Å². The third-order valence-corrected chi connectivity index (χ3v) is 6.36. The fourth-order valence-corrected chi connectivity index (χ4v) is 5.10. The second-order valence-electron chi connectivity index (χ2n) is 5.43. The number of halogens is 1. The number of aryl methyl sites for hydroxylation is 1. The number of piperidine rings is 1. The minimum Gasteiger partial charge on any atom is -0.258 e. The summed E-state index contributed by atoms with van der Waals surface area (Å²) in [6, 6.07) is 7.50. The number of rotatable bonds is 5. The smallest absolute Gasteiger partial charge is 0.258 e. The molecule has 2 rings (SSSR count). The first-order valence-corrected chi connectivity index (χ1v) is 9.36. The largest absolute Gasteiger partial charge is 0.304 e. The van der Waals surface area contributed by atoms with Gasteiger partial charge in [0.05, 0.1) is 5.69 Å². The van der Waals surface area contributed by atoms with Crippen LogP contribution in [0.2, 0.25) is 0 Å². The minimum atomic E-state index is -3.52. The predicted octanol–water partition coefficient (Wildman–Crippen LogP) is 3.16. The SMILES string of the molecule is CCN(c1cccc(C)c1)S(=O)(=O)N1CCCCC1CCl. The van der Waals surface area contributed by atoms with Crippen molar-refractivity contribution in [3.05, 3.63) is 29.8 Å². The Morgan fingerprint density at radius 3 is 2.76 bits per heavy atom. The monoisotopic (exact) mass is 330 g/mol. The first kappa shape index (κ1) is 16.6. The fourth-order valence-electron chi connectivity index (χ4n) is 2.82. The normalized spacial score (nSPS) is 20.4. The Labute approximate surface area is 132 Å². The van der Waals surface area contributed by atoms with Crippen LogP contribution in [0.1, 0.15) is 31.7 Å². The van der Waals surface area contributed by atoms with E-state index in [1.54, 1.807) is 4.31 Å². The summed E-state index contributed by atoms with van der Waals surface area (Å²) in [5.74, 6) is 0.352. The third kappa shape index (κ3) is 3.52. The standard InChI is InChI=1S/C15H23ClN2O2S/c1-3-17(14-9-6-7-13(2)11-14)21(19,20)18-10-5-4-8-15(18)12-16/h6-7,9,11,15H,3-5,8,10,12H2,1-2H3. The van der Waals surface area contributed by atoms with E-state index in [1.165, 1.54) is 4.31 Å². The van der Waals surface area contributed by atoms with Crippen LogP contribution in [-0.2, 0) is 10.2 Å². The molecule has 1 fully saturated rings. The highest BCUT2D eigenvalue weighted by Gasteiger charge is 2.35. The number of benzene rings is 1. The summed E-state index contributed by atoms with van der Waals surface area (Å²) in [7, 11) is -3.52. The molecular weight excluding hydrogens is 308 g/mol. The molecule has 0 saturated carbocycles. The maximum atomic E-state index is 13.0. The lowest BCUT2D eigenvalue weighted by Gasteiger charge is -2.37. The molecule has 0 aliphatic carbocycles. The Balaban J connectivity index is 2.35. The summed E-state index contributed by atoms with van der Waals surface area (Å²) in [5.41, 5.74) is 1.77. The van der Waals surface area contributed by atoms with Crippen LogP contribution in [0.5, 0.6) is 0 Å². The van der Waals surface area contributed by atoms with Crippen LogP contribution in [0, 0.1) is 6.92 Å². The molecule has 1 atom stereocenters. The van der Waals surface area contributed by atoms with Crippen LogP contribution in [0.25, 0.3) is 0 Å². The van der Waals surface area contributed by atoms with Crippen molar-refractivity contribution in [1.82, 2.24) is 4.31 Å². The molecule has 0 spiro atoms. The summed E-state index contributed by atoms with van der Waals surface area (Å²) in [4.78, 5) is 0. The molecule has 1 aromatic carbocycles. The second-order valence-corrected chi connectivity index (χ2v) is 7.54. The van der Waals surface area contributed by atoms with Crippen molar-refractivity contribution >= 4 is 27.5 Å². The summed E-state index contributed by atoms with van der Waals surface area (Å²) >= 11 is 5.98. The number of anilines is 1. The quantitative estimate of drug-likeness (QED) is 0.778. The number of hydrogen-bond acceptors (Lipinski definition) is 2. The first-order chi connectivity index (χ1) is 10.0. The maximum Gasteiger partial charge on any atom is 0.304 e. The summed E-state index contributed by atoms with van der Waals surface area (Å²) in [6.45, 7) is 4.80. The lowest BCUT2D eigenvalue weighted by Crippen LogP contribution is -2.51. The van der Waals surface area contributed by atoms with E-state index < -0.39 is 10.2 Å². The molecule has 118 valence electrons. The molecule has 1 aromatic rings. The second kappa shape index (κ2) is 6.99. The molecule has 0 bridgehead atoms. The molecule has 1 unspecified atom stereocenters. The number of nitrogens with zero attached hydrogens (tertiary/aromatic N) is 2. The topological polar surface area (TPSA) is 40.6 Å². The average molecular weight is 331 g/mol. The highest BCUT2D eigenvalue weighted by Crippen LogP contribution is 2.27. The average Bonchev–Trinajstić information content (AvgIpc) is 2.47. The molecule has 6 heteroatoms. The first-order valence-electron chi connectivity index (χ1n) is 7.42. The number of alkyl halides is 1. The molecule has 1 heterocycles. The Kier molecular flexibility index (Phi) is 5.52. The van der Waals surface area contributed by atoms with E-state index in [2.05, 4.69) is 0 Å². The highest BCUT2D eigenvalue weighted by atomic mass is 35.5. The van der Waals surface area contributed by atoms with Gasteiger partial charge in [0.15, 0.2) is 0 Å². The van der Waals surface area contributed by atoms with E-state index in [9.17, 15) is 8.42 Å². The minimum absolute atomic E-state index is 0.0933. The summed E-state index contributed by atoms with van der Waals surface area (Å²) in [5, 5.41) is 0. The summed E-state index contributed by atoms with van der Waals surface area (Å²) < 4.78 is 29.0. The molecule has 21 heavy (non-hydrogen) atoms. The molecule has 0 aromatic heterocycles. The molecule has 0 N–H and O–H groups in total. The van der Waals surface area contributed by atoms with Gasteiger partial charge in [-0.3, -0.25) is 4.31 Å². The van der Waals surface area contributed by atoms with Gasteiger partial charge in [-0.1, -0.05) is 18.6 Å². The Morgan fingerprint density at radius 1 is 1.38 bits per heavy atom. The lowest BCUT2D eigenvalue weighted by atomic mass is 10.1. The van der Waals surface area contributed by atoms with Gasteiger partial charge in [-0.05, 0) is 44.4 Å². The maximum absolute atomic E-state index is 13.0. The van der Waals surface area contributed by atoms with Crippen LogP contribution in [0.15, 0.2) is 24.3 Å². The van der Waals surface area contributed by atoms with E-state index in [4.69, 9.17) is 11.6 Å². The van der Waals surface area contributed by atoms with Gasteiger partial charge < -0.3 is 0 Å². The molecule has 0 radical (unpaired) electrons. The van der Waals surface area contributed by atoms with Gasteiger partial charge in [-0.25, -0.2) is 0 Å². The molecule has 0 amide bonds. The van der Waals surface area contributed by atoms with E-state index in [0.717, 1.165) is 30.5 Å². The van der Waals surface area contributed by atoms with Gasteiger partial charge in [-0.15, -0.1) is 11.6 Å². The van der Waals surface area contributed by atoms with Crippen molar-refractivity contribution in [2.75, 3.05) is 23.3 Å². The molecular formula is C15H23ClN2O2S. The Morgan fingerprint density at radius 2 is 2.14 bits per heavy atom. The molecule has 1 aliphatic heterocycles. The van der Waals surface area contributed by atoms with Crippen molar-refractivity contribution in [1.29, 1.82) is 0 Å². The van der Waals surface area contributed by atoms with Gasteiger partial charge in [0.2, 0.25) is 0 Å².